The van der Waals surface area contributed by atoms with Gasteiger partial charge < -0.3 is 36.2 Å². The first-order chi connectivity index (χ1) is 7.11. The first-order valence-electron chi connectivity index (χ1n) is 4.28. The maximum Gasteiger partial charge on any atom is 4.00 e. The van der Waals surface area contributed by atoms with E-state index in [9.17, 15) is 9.90 Å². The Morgan fingerprint density at radius 3 is 1.63 bits per heavy atom. The molecule has 0 saturated carbocycles. The third-order valence-corrected chi connectivity index (χ3v) is 1.43. The Morgan fingerprint density at radius 1 is 1.11 bits per heavy atom. The van der Waals surface area contributed by atoms with Crippen LogP contribution in [0.4, 0.5) is 0 Å². The molecule has 0 fully saturated rings. The van der Waals surface area contributed by atoms with Crippen LogP contribution in [-0.4, -0.2) is 40.6 Å². The molecule has 3 N–H and O–H groups in total. The Morgan fingerprint density at radius 2 is 1.47 bits per heavy atom. The molecule has 0 spiro atoms. The van der Waals surface area contributed by atoms with Crippen molar-refractivity contribution >= 4 is 5.97 Å². The Bertz CT molecular complexity index is 282. The molecule has 9 heteroatoms. The average Bonchev–Trinajstić information content (AvgIpc) is 2.30. The van der Waals surface area contributed by atoms with Crippen molar-refractivity contribution in [1.82, 2.24) is 0 Å². The molecule has 0 atom stereocenters. The fourth-order valence-corrected chi connectivity index (χ4v) is 0.632. The summed E-state index contributed by atoms with van der Waals surface area (Å²) in [6.45, 7) is -0.729. The van der Waals surface area contributed by atoms with Crippen molar-refractivity contribution in [2.45, 2.75) is 6.10 Å². The molecule has 0 bridgehead atoms. The summed E-state index contributed by atoms with van der Waals surface area (Å²) >= 11 is 0. The quantitative estimate of drug-likeness (QED) is 0.476. The average molecular weight is 316 g/mol. The molecule has 0 aliphatic heterocycles. The van der Waals surface area contributed by atoms with Crippen LogP contribution >= 0.6 is 0 Å². The monoisotopic (exact) mass is 316 g/mol. The molecule has 0 heterocycles. The zero-order valence-electron chi connectivity index (χ0n) is 10.4. The fourth-order valence-electron chi connectivity index (χ4n) is 0.632. The molecule has 1 rings (SSSR count). The maximum atomic E-state index is 10.1. The van der Waals surface area contributed by atoms with E-state index in [1.807, 2.05) is 0 Å². The van der Waals surface area contributed by atoms with Gasteiger partial charge in [0.05, 0.1) is 19.2 Å². The van der Waals surface area contributed by atoms with E-state index in [0.29, 0.717) is 0 Å². The number of rotatable bonds is 3. The van der Waals surface area contributed by atoms with Crippen LogP contribution in [0.2, 0.25) is 0 Å². The van der Waals surface area contributed by atoms with E-state index >= 15 is 0 Å². The van der Waals surface area contributed by atoms with Crippen LogP contribution in [0.5, 0.6) is 0 Å². The van der Waals surface area contributed by atoms with Gasteiger partial charge in [0.25, 0.3) is 0 Å². The van der Waals surface area contributed by atoms with Gasteiger partial charge in [-0.05, 0) is 5.56 Å². The molecule has 1 aromatic rings. The number of benzene rings is 1. The van der Waals surface area contributed by atoms with Crippen LogP contribution in [0.25, 0.3) is 0 Å². The zero-order chi connectivity index (χ0) is 11.7. The number of aliphatic hydroxyl groups is 3. The zero-order valence-corrected chi connectivity index (χ0v) is 13.9. The fraction of sp³-hybridized carbons (Fsp3) is 0.300. The van der Waals surface area contributed by atoms with Crippen LogP contribution in [-0.2, 0) is 32.7 Å². The molecule has 0 radical (unpaired) electrons. The summed E-state index contributed by atoms with van der Waals surface area (Å²) in [5.74, 6) is -1.13. The predicted octanol–water partition coefficient (Wildman–Crippen LogP) is -4.85. The Hall–Kier alpha value is 0.204. The van der Waals surface area contributed by atoms with Gasteiger partial charge in [-0.25, -0.2) is 0 Å². The number of carboxylic acid groups (broad SMARTS) is 1. The van der Waals surface area contributed by atoms with Gasteiger partial charge >= 0.3 is 51.3 Å². The minimum atomic E-state index is -1.13. The van der Waals surface area contributed by atoms with E-state index in [1.165, 1.54) is 12.1 Å². The molecular weight excluding hydrogens is 303 g/mol. The van der Waals surface area contributed by atoms with Gasteiger partial charge in [0, 0.05) is 0 Å². The second kappa shape index (κ2) is 20.5. The van der Waals surface area contributed by atoms with Crippen LogP contribution in [0.3, 0.4) is 0 Å². The standard InChI is InChI=1S/C7H6O2.C3H8O3.Na.2O.Ti/c8-7(9)6-4-2-1-3-5-6;4-1-3(6)2-5;;;;/h1-5H,(H,8,9);3-6H,1-2H2;;;;/q;;+1;2*-2;+4/p-1. The number of carbonyl (C=O) groups is 1. The van der Waals surface area contributed by atoms with E-state index in [2.05, 4.69) is 0 Å². The molecule has 1 aromatic carbocycles. The summed E-state index contributed by atoms with van der Waals surface area (Å²) < 4.78 is 0. The van der Waals surface area contributed by atoms with Crippen LogP contribution in [0.15, 0.2) is 30.3 Å². The minimum Gasteiger partial charge on any atom is -2.00 e. The number of aromatic carboxylic acids is 1. The largest absolute Gasteiger partial charge is 4.00 e. The first kappa shape index (κ1) is 31.5. The van der Waals surface area contributed by atoms with Crippen molar-refractivity contribution in [3.8, 4) is 0 Å². The Kier molecular flexibility index (Phi) is 34.1. The number of carbonyl (C=O) groups excluding carboxylic acids is 1. The molecule has 100 valence electrons. The second-order valence-electron chi connectivity index (χ2n) is 2.67. The van der Waals surface area contributed by atoms with Crippen molar-refractivity contribution in [2.24, 2.45) is 0 Å². The van der Waals surface area contributed by atoms with E-state index in [4.69, 9.17) is 15.3 Å². The van der Waals surface area contributed by atoms with Crippen LogP contribution < -0.4 is 34.7 Å². The van der Waals surface area contributed by atoms with Crippen molar-refractivity contribution in [3.05, 3.63) is 35.9 Å². The summed E-state index contributed by atoms with van der Waals surface area (Å²) in [6.07, 6.45) is -0.954. The normalized spacial score (nSPS) is 7.37. The van der Waals surface area contributed by atoms with Gasteiger partial charge in [-0.1, -0.05) is 30.3 Å². The van der Waals surface area contributed by atoms with Crippen molar-refractivity contribution < 1.29 is 87.4 Å². The number of hydrogen-bond donors (Lipinski definition) is 3. The number of hydrogen-bond acceptors (Lipinski definition) is 5. The van der Waals surface area contributed by atoms with Crippen LogP contribution in [0, 0.1) is 0 Å². The van der Waals surface area contributed by atoms with Gasteiger partial charge in [0.2, 0.25) is 0 Å². The van der Waals surface area contributed by atoms with Crippen LogP contribution in [0.1, 0.15) is 10.4 Å². The Balaban J connectivity index is -0.0000000599. The summed E-state index contributed by atoms with van der Waals surface area (Å²) in [7, 11) is 0. The van der Waals surface area contributed by atoms with Gasteiger partial charge in [-0.3, -0.25) is 0 Å². The molecule has 0 saturated heterocycles. The predicted molar refractivity (Wildman–Crippen MR) is 52.3 cm³/mol. The van der Waals surface area contributed by atoms with E-state index < -0.39 is 12.1 Å². The number of carboxylic acids is 1. The third-order valence-electron chi connectivity index (χ3n) is 1.43. The van der Waals surface area contributed by atoms with E-state index in [1.54, 1.807) is 18.2 Å². The summed E-state index contributed by atoms with van der Waals surface area (Å²) in [6, 6.07) is 8.06. The smallest absolute Gasteiger partial charge is 2.00 e. The van der Waals surface area contributed by atoms with Gasteiger partial charge in [-0.15, -0.1) is 0 Å². The molecular formula is C10H13NaO7Ti. The first-order valence-corrected chi connectivity index (χ1v) is 4.28. The van der Waals surface area contributed by atoms with Crippen molar-refractivity contribution in [1.29, 1.82) is 0 Å². The van der Waals surface area contributed by atoms with Gasteiger partial charge in [0.15, 0.2) is 0 Å². The Labute approximate surface area is 148 Å². The second-order valence-corrected chi connectivity index (χ2v) is 2.67. The molecule has 0 amide bonds. The summed E-state index contributed by atoms with van der Waals surface area (Å²) in [5, 5.41) is 34.1. The molecule has 0 aliphatic rings. The topological polar surface area (TPSA) is 158 Å². The molecule has 0 aliphatic carbocycles. The molecule has 7 nitrogen and oxygen atoms in total. The maximum absolute atomic E-state index is 10.1. The van der Waals surface area contributed by atoms with Crippen molar-refractivity contribution in [2.75, 3.05) is 13.2 Å². The molecule has 0 aromatic heterocycles. The minimum absolute atomic E-state index is 0. The van der Waals surface area contributed by atoms with Crippen molar-refractivity contribution in [3.63, 3.8) is 0 Å². The summed E-state index contributed by atoms with van der Waals surface area (Å²) in [5.41, 5.74) is 0.220. The van der Waals surface area contributed by atoms with E-state index in [0.717, 1.165) is 0 Å². The molecule has 0 unspecified atom stereocenters. The third kappa shape index (κ3) is 18.2. The molecule has 19 heavy (non-hydrogen) atoms. The SMILES string of the molecule is O=C([O-])c1ccccc1.OCC(O)CO.[Na+].[O-2].[O-2].[Ti+4]. The van der Waals surface area contributed by atoms with Gasteiger partial charge in [-0.2, -0.15) is 0 Å². The van der Waals surface area contributed by atoms with E-state index in [-0.39, 0.29) is 81.0 Å². The van der Waals surface area contributed by atoms with Gasteiger partial charge in [0.1, 0.15) is 6.10 Å². The summed E-state index contributed by atoms with van der Waals surface area (Å²) in [4.78, 5) is 10.1. The number of aliphatic hydroxyl groups excluding tert-OH is 3.